The van der Waals surface area contributed by atoms with Gasteiger partial charge in [-0.25, -0.2) is 0 Å². The van der Waals surface area contributed by atoms with Crippen LogP contribution < -0.4 is 0 Å². The molecule has 0 amide bonds. The van der Waals surface area contributed by atoms with Crippen molar-refractivity contribution in [2.45, 2.75) is 0 Å². The maximum atomic E-state index is 12.0. The Morgan fingerprint density at radius 1 is 0.368 bits per heavy atom. The molecular formula is C36H24O2. The van der Waals surface area contributed by atoms with E-state index in [1.54, 1.807) is 12.1 Å². The van der Waals surface area contributed by atoms with Crippen LogP contribution in [0.4, 0.5) is 0 Å². The van der Waals surface area contributed by atoms with Gasteiger partial charge in [-0.3, -0.25) is 0 Å². The van der Waals surface area contributed by atoms with E-state index in [1.165, 1.54) is 10.8 Å². The molecule has 0 radical (unpaired) electrons. The molecule has 0 aliphatic heterocycles. The lowest BCUT2D eigenvalue weighted by atomic mass is 9.84. The van der Waals surface area contributed by atoms with E-state index in [4.69, 9.17) is 0 Å². The lowest BCUT2D eigenvalue weighted by molar-refractivity contribution is 0.470. The zero-order chi connectivity index (χ0) is 25.6. The summed E-state index contributed by atoms with van der Waals surface area (Å²) in [6.45, 7) is 0. The molecule has 0 atom stereocenters. The van der Waals surface area contributed by atoms with E-state index in [1.807, 2.05) is 42.5 Å². The first-order valence-electron chi connectivity index (χ1n) is 12.7. The summed E-state index contributed by atoms with van der Waals surface area (Å²) in [6, 6.07) is 44.8. The van der Waals surface area contributed by atoms with Crippen LogP contribution in [-0.2, 0) is 0 Å². The summed E-state index contributed by atoms with van der Waals surface area (Å²) in [5, 5.41) is 29.2. The number of para-hydroxylation sites is 1. The SMILES string of the molecule is Oc1ccccc1-c1cc2ccccc2c(-c2c(-c3ccc4ccccc4c3)ccc3ccccc23)c1O. The molecule has 0 spiro atoms. The molecule has 0 fully saturated rings. The summed E-state index contributed by atoms with van der Waals surface area (Å²) in [6.07, 6.45) is 0. The second-order valence-electron chi connectivity index (χ2n) is 9.66. The number of rotatable bonds is 3. The molecule has 2 nitrogen and oxygen atoms in total. The molecular weight excluding hydrogens is 464 g/mol. The molecule has 0 unspecified atom stereocenters. The van der Waals surface area contributed by atoms with Gasteiger partial charge in [0.25, 0.3) is 0 Å². The van der Waals surface area contributed by atoms with Crippen LogP contribution in [0.25, 0.3) is 65.7 Å². The smallest absolute Gasteiger partial charge is 0.132 e. The van der Waals surface area contributed by atoms with Crippen molar-refractivity contribution in [3.8, 4) is 44.9 Å². The Balaban J connectivity index is 1.63. The molecule has 7 aromatic rings. The maximum absolute atomic E-state index is 12.0. The quantitative estimate of drug-likeness (QED) is 0.260. The van der Waals surface area contributed by atoms with Gasteiger partial charge in [0, 0.05) is 22.3 Å². The normalized spacial score (nSPS) is 11.4. The summed E-state index contributed by atoms with van der Waals surface area (Å²) in [7, 11) is 0. The summed E-state index contributed by atoms with van der Waals surface area (Å²) in [5.41, 5.74) is 5.08. The van der Waals surface area contributed by atoms with Crippen molar-refractivity contribution in [1.82, 2.24) is 0 Å². The summed E-state index contributed by atoms with van der Waals surface area (Å²) >= 11 is 0. The van der Waals surface area contributed by atoms with Crippen LogP contribution >= 0.6 is 0 Å². The third-order valence-corrected chi connectivity index (χ3v) is 7.46. The van der Waals surface area contributed by atoms with Crippen LogP contribution in [0.5, 0.6) is 11.5 Å². The summed E-state index contributed by atoms with van der Waals surface area (Å²) in [4.78, 5) is 0. The zero-order valence-electron chi connectivity index (χ0n) is 20.6. The van der Waals surface area contributed by atoms with Crippen molar-refractivity contribution in [3.05, 3.63) is 133 Å². The van der Waals surface area contributed by atoms with Crippen LogP contribution in [0.2, 0.25) is 0 Å². The van der Waals surface area contributed by atoms with Crippen molar-refractivity contribution in [2.75, 3.05) is 0 Å². The highest BCUT2D eigenvalue weighted by molar-refractivity contribution is 6.14. The van der Waals surface area contributed by atoms with Gasteiger partial charge < -0.3 is 10.2 Å². The van der Waals surface area contributed by atoms with Gasteiger partial charge >= 0.3 is 0 Å². The molecule has 0 aliphatic rings. The minimum Gasteiger partial charge on any atom is -0.507 e. The lowest BCUT2D eigenvalue weighted by Gasteiger charge is -2.20. The number of hydrogen-bond donors (Lipinski definition) is 2. The minimum atomic E-state index is 0.136. The monoisotopic (exact) mass is 488 g/mol. The van der Waals surface area contributed by atoms with Gasteiger partial charge in [-0.05, 0) is 61.6 Å². The van der Waals surface area contributed by atoms with E-state index in [-0.39, 0.29) is 11.5 Å². The third-order valence-electron chi connectivity index (χ3n) is 7.46. The van der Waals surface area contributed by atoms with Crippen molar-refractivity contribution < 1.29 is 10.2 Å². The Bertz CT molecular complexity index is 2000. The number of phenolic OH excluding ortho intramolecular Hbond substituents is 2. The van der Waals surface area contributed by atoms with Crippen LogP contribution in [0.1, 0.15) is 0 Å². The fourth-order valence-corrected chi connectivity index (χ4v) is 5.63. The van der Waals surface area contributed by atoms with Gasteiger partial charge in [0.05, 0.1) is 0 Å². The van der Waals surface area contributed by atoms with Gasteiger partial charge in [-0.2, -0.15) is 0 Å². The average Bonchev–Trinajstić information content (AvgIpc) is 2.97. The van der Waals surface area contributed by atoms with Gasteiger partial charge in [-0.1, -0.05) is 115 Å². The Morgan fingerprint density at radius 3 is 1.76 bits per heavy atom. The predicted molar refractivity (Wildman–Crippen MR) is 159 cm³/mol. The topological polar surface area (TPSA) is 40.5 Å². The molecule has 0 saturated carbocycles. The molecule has 38 heavy (non-hydrogen) atoms. The molecule has 0 bridgehead atoms. The minimum absolute atomic E-state index is 0.136. The number of fused-ring (bicyclic) bond motifs is 3. The largest absolute Gasteiger partial charge is 0.507 e. The molecule has 2 N–H and O–H groups in total. The molecule has 180 valence electrons. The number of phenols is 2. The highest BCUT2D eigenvalue weighted by Gasteiger charge is 2.22. The molecule has 7 aromatic carbocycles. The van der Waals surface area contributed by atoms with E-state index in [9.17, 15) is 10.2 Å². The molecule has 0 aliphatic carbocycles. The fraction of sp³-hybridized carbons (Fsp3) is 0. The molecule has 0 aromatic heterocycles. The van der Waals surface area contributed by atoms with Crippen molar-refractivity contribution in [1.29, 1.82) is 0 Å². The van der Waals surface area contributed by atoms with Crippen molar-refractivity contribution in [3.63, 3.8) is 0 Å². The molecule has 2 heteroatoms. The van der Waals surface area contributed by atoms with Gasteiger partial charge in [0.1, 0.15) is 11.5 Å². The molecule has 0 heterocycles. The van der Waals surface area contributed by atoms with Gasteiger partial charge in [-0.15, -0.1) is 0 Å². The first-order chi connectivity index (χ1) is 18.7. The van der Waals surface area contributed by atoms with E-state index in [0.29, 0.717) is 11.1 Å². The van der Waals surface area contributed by atoms with Crippen molar-refractivity contribution >= 4 is 32.3 Å². The second-order valence-corrected chi connectivity index (χ2v) is 9.66. The number of aromatic hydroxyl groups is 2. The second kappa shape index (κ2) is 8.79. The summed E-state index contributed by atoms with van der Waals surface area (Å²) in [5.74, 6) is 0.292. The van der Waals surface area contributed by atoms with Crippen LogP contribution in [0.3, 0.4) is 0 Å². The van der Waals surface area contributed by atoms with E-state index >= 15 is 0 Å². The van der Waals surface area contributed by atoms with Crippen LogP contribution in [0.15, 0.2) is 133 Å². The van der Waals surface area contributed by atoms with E-state index in [2.05, 4.69) is 78.9 Å². The standard InChI is InChI=1S/C36H24O2/c37-33-16-8-7-15-31(33)32-22-26-12-4-6-14-29(26)35(36(32)38)34-28-13-5-3-10-24(28)19-20-30(34)27-18-17-23-9-1-2-11-25(23)21-27/h1-22,37-38H. The van der Waals surface area contributed by atoms with Crippen LogP contribution in [0, 0.1) is 0 Å². The van der Waals surface area contributed by atoms with E-state index in [0.717, 1.165) is 43.8 Å². The zero-order valence-corrected chi connectivity index (χ0v) is 20.6. The molecule has 7 rings (SSSR count). The van der Waals surface area contributed by atoms with Gasteiger partial charge in [0.15, 0.2) is 0 Å². The first-order valence-corrected chi connectivity index (χ1v) is 12.7. The Labute approximate surface area is 220 Å². The Morgan fingerprint density at radius 2 is 0.974 bits per heavy atom. The highest BCUT2D eigenvalue weighted by Crippen LogP contribution is 2.50. The number of benzene rings is 7. The van der Waals surface area contributed by atoms with Crippen LogP contribution in [-0.4, -0.2) is 10.2 Å². The molecule has 0 saturated heterocycles. The number of hydrogen-bond acceptors (Lipinski definition) is 2. The van der Waals surface area contributed by atoms with E-state index < -0.39 is 0 Å². The fourth-order valence-electron chi connectivity index (χ4n) is 5.63. The average molecular weight is 489 g/mol. The Hall–Kier alpha value is -5.08. The summed E-state index contributed by atoms with van der Waals surface area (Å²) < 4.78 is 0. The van der Waals surface area contributed by atoms with Crippen molar-refractivity contribution in [2.24, 2.45) is 0 Å². The third kappa shape index (κ3) is 3.50. The lowest BCUT2D eigenvalue weighted by Crippen LogP contribution is -1.93. The highest BCUT2D eigenvalue weighted by atomic mass is 16.3. The van der Waals surface area contributed by atoms with Gasteiger partial charge in [0.2, 0.25) is 0 Å². The predicted octanol–water partition coefficient (Wildman–Crippen LogP) is 9.56. The Kier molecular flexibility index (Phi) is 5.12. The first kappa shape index (κ1) is 22.1. The maximum Gasteiger partial charge on any atom is 0.132 e.